The Hall–Kier alpha value is -2.29. The van der Waals surface area contributed by atoms with Crippen molar-refractivity contribution in [2.75, 3.05) is 34.2 Å². The Labute approximate surface area is 191 Å². The number of aryl methyl sites for hydroxylation is 1. The van der Waals surface area contributed by atoms with E-state index in [9.17, 15) is 8.42 Å². The van der Waals surface area contributed by atoms with E-state index in [0.29, 0.717) is 11.2 Å². The number of nitrogens with zero attached hydrogens (tertiary/aromatic N) is 3. The Kier molecular flexibility index (Phi) is 5.54. The number of nitrogens with one attached hydrogen (secondary N) is 1. The fraction of sp³-hybridized carbons (Fsp3) is 0.318. The molecule has 0 amide bonds. The van der Waals surface area contributed by atoms with Crippen molar-refractivity contribution in [2.45, 2.75) is 30.2 Å². The molecule has 1 fully saturated rings. The minimum absolute atomic E-state index is 0.240. The second-order valence-electron chi connectivity index (χ2n) is 7.90. The van der Waals surface area contributed by atoms with E-state index in [1.54, 1.807) is 23.7 Å². The predicted octanol–water partition coefficient (Wildman–Crippen LogP) is 4.63. The third-order valence-corrected chi connectivity index (χ3v) is 8.37. The number of anilines is 3. The molecule has 0 radical (unpaired) electrons. The highest BCUT2D eigenvalue weighted by atomic mass is 35.5. The zero-order valence-electron chi connectivity index (χ0n) is 16.9. The minimum atomic E-state index is -3.63. The summed E-state index contributed by atoms with van der Waals surface area (Å²) in [5, 5.41) is 2.91. The molecule has 0 saturated carbocycles. The maximum atomic E-state index is 12.6. The summed E-state index contributed by atoms with van der Waals surface area (Å²) in [7, 11) is -3.63. The van der Waals surface area contributed by atoms with Gasteiger partial charge in [-0.2, -0.15) is 0 Å². The first kappa shape index (κ1) is 20.6. The van der Waals surface area contributed by atoms with Crippen molar-refractivity contribution >= 4 is 49.5 Å². The standard InChI is InChI=1S/C22H23ClN4O2S2/c23-17-3-8-21-16(14-17)2-1-11-27(21)19-9-12-26(15-19)18-4-6-20(7-5-18)31(28,29)25-22-24-10-13-30-22/h3-8,10,13-14,19H,1-2,9,11-12,15H2,(H,24,25)/t19-/m1/s1. The van der Waals surface area contributed by atoms with Gasteiger partial charge in [-0.15, -0.1) is 11.3 Å². The Morgan fingerprint density at radius 3 is 2.74 bits per heavy atom. The van der Waals surface area contributed by atoms with E-state index in [-0.39, 0.29) is 4.90 Å². The molecule has 162 valence electrons. The normalized spacial score (nSPS) is 18.8. The van der Waals surface area contributed by atoms with Gasteiger partial charge in [0.05, 0.1) is 4.90 Å². The first-order valence-corrected chi connectivity index (χ1v) is 13.1. The van der Waals surface area contributed by atoms with Gasteiger partial charge >= 0.3 is 0 Å². The summed E-state index contributed by atoms with van der Waals surface area (Å²) in [4.78, 5) is 9.08. The molecule has 9 heteroatoms. The molecular weight excluding hydrogens is 452 g/mol. The van der Waals surface area contributed by atoms with Crippen molar-refractivity contribution in [3.05, 3.63) is 64.6 Å². The quantitative estimate of drug-likeness (QED) is 0.584. The fourth-order valence-corrected chi connectivity index (χ4v) is 6.47. The minimum Gasteiger partial charge on any atom is -0.369 e. The molecule has 1 N–H and O–H groups in total. The second-order valence-corrected chi connectivity index (χ2v) is 10.9. The highest BCUT2D eigenvalue weighted by Crippen LogP contribution is 2.34. The Balaban J connectivity index is 1.29. The lowest BCUT2D eigenvalue weighted by molar-refractivity contribution is 0.595. The molecular formula is C22H23ClN4O2S2. The van der Waals surface area contributed by atoms with Gasteiger partial charge < -0.3 is 9.80 Å². The summed E-state index contributed by atoms with van der Waals surface area (Å²) in [5.41, 5.74) is 3.68. The van der Waals surface area contributed by atoms with Crippen LogP contribution >= 0.6 is 22.9 Å². The second kappa shape index (κ2) is 8.33. The molecule has 1 aromatic heterocycles. The molecule has 0 aliphatic carbocycles. The smallest absolute Gasteiger partial charge is 0.263 e. The lowest BCUT2D eigenvalue weighted by Gasteiger charge is -2.36. The predicted molar refractivity (Wildman–Crippen MR) is 127 cm³/mol. The molecule has 2 aliphatic rings. The van der Waals surface area contributed by atoms with Crippen molar-refractivity contribution in [3.63, 3.8) is 0 Å². The fourth-order valence-electron chi connectivity index (χ4n) is 4.49. The van der Waals surface area contributed by atoms with Crippen LogP contribution in [0.15, 0.2) is 58.9 Å². The van der Waals surface area contributed by atoms with E-state index in [1.165, 1.54) is 22.6 Å². The molecule has 2 aromatic carbocycles. The van der Waals surface area contributed by atoms with Gasteiger partial charge in [0.15, 0.2) is 5.13 Å². The van der Waals surface area contributed by atoms with E-state index in [2.05, 4.69) is 31.6 Å². The first-order valence-electron chi connectivity index (χ1n) is 10.3. The van der Waals surface area contributed by atoms with Crippen molar-refractivity contribution in [3.8, 4) is 0 Å². The summed E-state index contributed by atoms with van der Waals surface area (Å²) in [6.07, 6.45) is 4.87. The number of sulfonamides is 1. The highest BCUT2D eigenvalue weighted by Gasteiger charge is 2.31. The largest absolute Gasteiger partial charge is 0.369 e. The van der Waals surface area contributed by atoms with Crippen LogP contribution in [0.5, 0.6) is 0 Å². The molecule has 3 heterocycles. The van der Waals surface area contributed by atoms with Crippen LogP contribution in [-0.2, 0) is 16.4 Å². The third kappa shape index (κ3) is 4.24. The van der Waals surface area contributed by atoms with Crippen molar-refractivity contribution in [1.82, 2.24) is 4.98 Å². The molecule has 1 saturated heterocycles. The van der Waals surface area contributed by atoms with Gasteiger partial charge in [0.25, 0.3) is 10.0 Å². The first-order chi connectivity index (χ1) is 15.0. The van der Waals surface area contributed by atoms with Crippen LogP contribution in [-0.4, -0.2) is 39.1 Å². The summed E-state index contributed by atoms with van der Waals surface area (Å²) < 4.78 is 27.6. The van der Waals surface area contributed by atoms with Gasteiger partial charge in [-0.3, -0.25) is 4.72 Å². The summed E-state index contributed by atoms with van der Waals surface area (Å²) in [6, 6.07) is 13.8. The summed E-state index contributed by atoms with van der Waals surface area (Å²) in [5.74, 6) is 0. The van der Waals surface area contributed by atoms with Crippen LogP contribution in [0.3, 0.4) is 0 Å². The van der Waals surface area contributed by atoms with E-state index in [1.807, 2.05) is 18.2 Å². The van der Waals surface area contributed by atoms with E-state index < -0.39 is 10.0 Å². The van der Waals surface area contributed by atoms with Crippen molar-refractivity contribution in [2.24, 2.45) is 0 Å². The number of hydrogen-bond acceptors (Lipinski definition) is 6. The number of fused-ring (bicyclic) bond motifs is 1. The van der Waals surface area contributed by atoms with Gasteiger partial charge in [-0.1, -0.05) is 11.6 Å². The van der Waals surface area contributed by atoms with Crippen LogP contribution in [0.25, 0.3) is 0 Å². The topological polar surface area (TPSA) is 65.5 Å². The van der Waals surface area contributed by atoms with E-state index in [4.69, 9.17) is 11.6 Å². The number of aromatic nitrogens is 1. The van der Waals surface area contributed by atoms with Gasteiger partial charge in [0.1, 0.15) is 0 Å². The van der Waals surface area contributed by atoms with Gasteiger partial charge in [-0.05, 0) is 67.3 Å². The van der Waals surface area contributed by atoms with Crippen molar-refractivity contribution < 1.29 is 8.42 Å². The molecule has 31 heavy (non-hydrogen) atoms. The van der Waals surface area contributed by atoms with Crippen LogP contribution in [0.1, 0.15) is 18.4 Å². The van der Waals surface area contributed by atoms with E-state index in [0.717, 1.165) is 49.6 Å². The Morgan fingerprint density at radius 1 is 1.13 bits per heavy atom. The third-order valence-electron chi connectivity index (χ3n) is 5.97. The maximum Gasteiger partial charge on any atom is 0.263 e. The Morgan fingerprint density at radius 2 is 1.97 bits per heavy atom. The Bertz CT molecular complexity index is 1170. The lowest BCUT2D eigenvalue weighted by Crippen LogP contribution is -2.41. The molecule has 6 nitrogen and oxygen atoms in total. The molecule has 3 aromatic rings. The average Bonchev–Trinajstić information content (AvgIpc) is 3.45. The molecule has 0 bridgehead atoms. The SMILES string of the molecule is O=S(=O)(Nc1nccs1)c1ccc(N2CC[C@@H](N3CCCc4cc(Cl)ccc43)C2)cc1. The number of halogens is 1. The van der Waals surface area contributed by atoms with Crippen LogP contribution in [0.4, 0.5) is 16.5 Å². The number of hydrogen-bond donors (Lipinski definition) is 1. The molecule has 1 atom stereocenters. The number of rotatable bonds is 5. The number of benzene rings is 2. The van der Waals surface area contributed by atoms with E-state index >= 15 is 0 Å². The average molecular weight is 475 g/mol. The van der Waals surface area contributed by atoms with Gasteiger partial charge in [0, 0.05) is 53.7 Å². The summed E-state index contributed by atoms with van der Waals surface area (Å²) >= 11 is 7.45. The zero-order chi connectivity index (χ0) is 21.4. The number of thiazole rings is 1. The maximum absolute atomic E-state index is 12.6. The highest BCUT2D eigenvalue weighted by molar-refractivity contribution is 7.93. The zero-order valence-corrected chi connectivity index (χ0v) is 19.3. The molecule has 0 spiro atoms. The monoisotopic (exact) mass is 474 g/mol. The molecule has 2 aliphatic heterocycles. The van der Waals surface area contributed by atoms with Crippen LogP contribution in [0.2, 0.25) is 5.02 Å². The molecule has 0 unspecified atom stereocenters. The van der Waals surface area contributed by atoms with Crippen molar-refractivity contribution in [1.29, 1.82) is 0 Å². The molecule has 5 rings (SSSR count). The summed E-state index contributed by atoms with van der Waals surface area (Å²) in [6.45, 7) is 2.94. The van der Waals surface area contributed by atoms with Gasteiger partial charge in [0.2, 0.25) is 0 Å². The lowest BCUT2D eigenvalue weighted by atomic mass is 9.99. The van der Waals surface area contributed by atoms with Crippen LogP contribution in [0, 0.1) is 0 Å². The van der Waals surface area contributed by atoms with Gasteiger partial charge in [-0.25, -0.2) is 13.4 Å². The van der Waals surface area contributed by atoms with Crippen LogP contribution < -0.4 is 14.5 Å².